The van der Waals surface area contributed by atoms with Crippen LogP contribution in [0, 0.1) is 6.92 Å². The number of furan rings is 1. The molecule has 0 atom stereocenters. The summed E-state index contributed by atoms with van der Waals surface area (Å²) in [5, 5.41) is 1.18. The lowest BCUT2D eigenvalue weighted by molar-refractivity contribution is 0.357. The van der Waals surface area contributed by atoms with Crippen LogP contribution in [0.1, 0.15) is 22.6 Å². The van der Waals surface area contributed by atoms with E-state index in [1.165, 1.54) is 4.31 Å². The average Bonchev–Trinajstić information content (AvgIpc) is 3.26. The topological polar surface area (TPSA) is 62.9 Å². The summed E-state index contributed by atoms with van der Waals surface area (Å²) in [7, 11) is -3.78. The van der Waals surface area contributed by atoms with Crippen molar-refractivity contribution in [3.8, 4) is 0 Å². The summed E-state index contributed by atoms with van der Waals surface area (Å²) in [5.74, 6) is 1.01. The van der Waals surface area contributed by atoms with Crippen molar-refractivity contribution in [3.63, 3.8) is 0 Å². The molecular weight excluding hydrogens is 491 g/mol. The highest BCUT2D eigenvalue weighted by Crippen LogP contribution is 2.24. The van der Waals surface area contributed by atoms with E-state index in [0.717, 1.165) is 11.1 Å². The van der Waals surface area contributed by atoms with E-state index < -0.39 is 10.0 Å². The van der Waals surface area contributed by atoms with Gasteiger partial charge in [0.25, 0.3) is 0 Å². The van der Waals surface area contributed by atoms with Crippen molar-refractivity contribution in [2.75, 3.05) is 0 Å². The summed E-state index contributed by atoms with van der Waals surface area (Å²) < 4.78 is 34.2. The lowest BCUT2D eigenvalue weighted by Crippen LogP contribution is -2.30. The van der Waals surface area contributed by atoms with Gasteiger partial charge in [0.15, 0.2) is 0 Å². The lowest BCUT2D eigenvalue weighted by atomic mass is 10.2. The number of hydrogen-bond donors (Lipinski definition) is 0. The molecule has 0 aliphatic carbocycles. The van der Waals surface area contributed by atoms with Crippen LogP contribution in [-0.4, -0.2) is 18.9 Å². The first-order valence-corrected chi connectivity index (χ1v) is 12.7. The predicted molar refractivity (Wildman–Crippen MR) is 136 cm³/mol. The Labute approximate surface area is 209 Å². The lowest BCUT2D eigenvalue weighted by Gasteiger charge is -2.21. The fourth-order valence-electron chi connectivity index (χ4n) is 3.30. The van der Waals surface area contributed by atoms with Gasteiger partial charge in [-0.1, -0.05) is 59.1 Å². The number of rotatable bonds is 8. The van der Waals surface area contributed by atoms with Gasteiger partial charge in [0, 0.05) is 16.6 Å². The zero-order valence-electron chi connectivity index (χ0n) is 18.4. The van der Waals surface area contributed by atoms with Gasteiger partial charge in [-0.25, -0.2) is 8.42 Å². The zero-order valence-corrected chi connectivity index (χ0v) is 20.7. The quantitative estimate of drug-likeness (QED) is 0.238. The van der Waals surface area contributed by atoms with Crippen LogP contribution in [-0.2, 0) is 23.1 Å². The highest BCUT2D eigenvalue weighted by molar-refractivity contribution is 7.89. The number of sulfonamides is 1. The third-order valence-electron chi connectivity index (χ3n) is 5.09. The molecule has 0 saturated heterocycles. The van der Waals surface area contributed by atoms with E-state index in [1.807, 2.05) is 31.2 Å². The molecule has 0 spiro atoms. The molecule has 1 aromatic heterocycles. The summed E-state index contributed by atoms with van der Waals surface area (Å²) >= 11 is 12.0. The molecule has 8 heteroatoms. The van der Waals surface area contributed by atoms with Crippen LogP contribution in [0.15, 0.2) is 99.2 Å². The molecule has 34 heavy (non-hydrogen) atoms. The maximum absolute atomic E-state index is 13.5. The van der Waals surface area contributed by atoms with Gasteiger partial charge in [-0.15, -0.1) is 0 Å². The molecule has 0 saturated carbocycles. The highest BCUT2D eigenvalue weighted by atomic mass is 35.5. The minimum atomic E-state index is -3.78. The normalized spacial score (nSPS) is 12.0. The largest absolute Gasteiger partial charge is 0.459 e. The average molecular weight is 513 g/mol. The first kappa shape index (κ1) is 24.2. The molecule has 3 aromatic carbocycles. The minimum absolute atomic E-state index is 0.0594. The number of benzene rings is 3. The molecule has 0 N–H and O–H groups in total. The van der Waals surface area contributed by atoms with E-state index in [9.17, 15) is 8.42 Å². The van der Waals surface area contributed by atoms with E-state index in [2.05, 4.69) is 4.99 Å². The van der Waals surface area contributed by atoms with E-state index in [1.54, 1.807) is 66.9 Å². The molecule has 0 unspecified atom stereocenters. The predicted octanol–water partition coefficient (Wildman–Crippen LogP) is 7.04. The van der Waals surface area contributed by atoms with Gasteiger partial charge in [-0.05, 0) is 67.1 Å². The van der Waals surface area contributed by atoms with Gasteiger partial charge in [-0.2, -0.15) is 4.31 Å². The van der Waals surface area contributed by atoms with Gasteiger partial charge < -0.3 is 4.42 Å². The van der Waals surface area contributed by atoms with Crippen LogP contribution in [0.3, 0.4) is 0 Å². The number of aliphatic imine (C=N–C) groups is 1. The van der Waals surface area contributed by atoms with Crippen molar-refractivity contribution in [2.24, 2.45) is 4.99 Å². The SMILES string of the molecule is Cc1ccc(S(=O)(=O)N(Cc2ccc(Cl)cc2)Cc2ccc(C=Nc3cccc(Cl)c3)o2)cc1. The second kappa shape index (κ2) is 10.6. The third kappa shape index (κ3) is 6.15. The Morgan fingerprint density at radius 3 is 2.32 bits per heavy atom. The Kier molecular flexibility index (Phi) is 7.54. The molecule has 0 amide bonds. The number of hydrogen-bond acceptors (Lipinski definition) is 4. The molecule has 0 fully saturated rings. The van der Waals surface area contributed by atoms with Crippen molar-refractivity contribution >= 4 is 45.1 Å². The summed E-state index contributed by atoms with van der Waals surface area (Å²) in [4.78, 5) is 4.59. The van der Waals surface area contributed by atoms with Gasteiger partial charge in [-0.3, -0.25) is 4.99 Å². The molecule has 0 aliphatic rings. The Hall–Kier alpha value is -2.90. The molecule has 1 heterocycles. The Balaban J connectivity index is 1.59. The molecule has 5 nitrogen and oxygen atoms in total. The molecule has 0 bridgehead atoms. The number of nitrogens with zero attached hydrogens (tertiary/aromatic N) is 2. The third-order valence-corrected chi connectivity index (χ3v) is 7.39. The van der Waals surface area contributed by atoms with E-state index in [0.29, 0.717) is 27.3 Å². The standard InChI is InChI=1S/C26H22Cl2N2O3S/c1-19-5-13-26(14-6-19)34(31,32)30(17-20-7-9-21(27)10-8-20)18-25-12-11-24(33-25)16-29-23-4-2-3-22(28)15-23/h2-16H,17-18H2,1H3. The van der Waals surface area contributed by atoms with Gasteiger partial charge in [0.2, 0.25) is 10.0 Å². The summed E-state index contributed by atoms with van der Waals surface area (Å²) in [6, 6.07) is 24.6. The first-order chi connectivity index (χ1) is 16.3. The molecule has 174 valence electrons. The molecule has 4 rings (SSSR count). The van der Waals surface area contributed by atoms with Crippen molar-refractivity contribution in [1.29, 1.82) is 0 Å². The van der Waals surface area contributed by atoms with E-state index in [4.69, 9.17) is 27.6 Å². The second-order valence-electron chi connectivity index (χ2n) is 7.75. The first-order valence-electron chi connectivity index (χ1n) is 10.5. The van der Waals surface area contributed by atoms with E-state index >= 15 is 0 Å². The number of aryl methyl sites for hydroxylation is 1. The minimum Gasteiger partial charge on any atom is -0.459 e. The van der Waals surface area contributed by atoms with Crippen LogP contribution >= 0.6 is 23.2 Å². The van der Waals surface area contributed by atoms with Crippen LogP contribution in [0.5, 0.6) is 0 Å². The summed E-state index contributed by atoms with van der Waals surface area (Å²) in [6.07, 6.45) is 1.58. The van der Waals surface area contributed by atoms with Gasteiger partial charge in [0.05, 0.1) is 23.3 Å². The zero-order chi connectivity index (χ0) is 24.1. The summed E-state index contributed by atoms with van der Waals surface area (Å²) in [6.45, 7) is 2.14. The van der Waals surface area contributed by atoms with Crippen LogP contribution in [0.25, 0.3) is 0 Å². The van der Waals surface area contributed by atoms with Crippen molar-refractivity contribution in [3.05, 3.63) is 118 Å². The van der Waals surface area contributed by atoms with Crippen molar-refractivity contribution in [2.45, 2.75) is 24.9 Å². The fourth-order valence-corrected chi connectivity index (χ4v) is 5.00. The maximum atomic E-state index is 13.5. The molecule has 0 radical (unpaired) electrons. The molecule has 4 aromatic rings. The van der Waals surface area contributed by atoms with Crippen LogP contribution in [0.2, 0.25) is 10.0 Å². The Bertz CT molecular complexity index is 1400. The smallest absolute Gasteiger partial charge is 0.243 e. The fraction of sp³-hybridized carbons (Fsp3) is 0.115. The molecule has 0 aliphatic heterocycles. The van der Waals surface area contributed by atoms with Crippen LogP contribution in [0.4, 0.5) is 5.69 Å². The second-order valence-corrected chi connectivity index (χ2v) is 10.6. The van der Waals surface area contributed by atoms with E-state index in [-0.39, 0.29) is 18.0 Å². The summed E-state index contributed by atoms with van der Waals surface area (Å²) in [5.41, 5.74) is 2.49. The van der Waals surface area contributed by atoms with Crippen LogP contribution < -0.4 is 0 Å². The number of halogens is 2. The maximum Gasteiger partial charge on any atom is 0.243 e. The monoisotopic (exact) mass is 512 g/mol. The van der Waals surface area contributed by atoms with Gasteiger partial charge in [0.1, 0.15) is 11.5 Å². The van der Waals surface area contributed by atoms with Gasteiger partial charge >= 0.3 is 0 Å². The van der Waals surface area contributed by atoms with Crippen molar-refractivity contribution < 1.29 is 12.8 Å². The molecular formula is C26H22Cl2N2O3S. The van der Waals surface area contributed by atoms with Crippen molar-refractivity contribution in [1.82, 2.24) is 4.31 Å². The Morgan fingerprint density at radius 2 is 1.62 bits per heavy atom. The Morgan fingerprint density at radius 1 is 0.882 bits per heavy atom. The highest BCUT2D eigenvalue weighted by Gasteiger charge is 2.26.